The molecule has 0 saturated heterocycles. The molecular formula is C39H27FN2O2. The summed E-state index contributed by atoms with van der Waals surface area (Å²) < 4.78 is 21.8. The molecule has 0 saturated carbocycles. The van der Waals surface area contributed by atoms with Crippen molar-refractivity contribution in [1.29, 1.82) is 0 Å². The minimum Gasteiger partial charge on any atom is -0.461 e. The van der Waals surface area contributed by atoms with Gasteiger partial charge in [-0.25, -0.2) is 9.37 Å². The summed E-state index contributed by atoms with van der Waals surface area (Å²) in [5, 5.41) is 0.548. The zero-order chi connectivity index (χ0) is 29.9. The van der Waals surface area contributed by atoms with Crippen LogP contribution in [0.5, 0.6) is 0 Å². The van der Waals surface area contributed by atoms with Gasteiger partial charge in [0.15, 0.2) is 17.2 Å². The number of halogens is 1. The van der Waals surface area contributed by atoms with Gasteiger partial charge in [-0.15, -0.1) is 0 Å². The Bertz CT molecular complexity index is 2000. The SMILES string of the molecule is O=C(C=Cc1ccccc1-c1cn(C(c2ccccc2)(c2ccccc2)c2ccccc2)cn1)c1cc(F)c2occc2c1. The Balaban J connectivity index is 1.32. The Labute approximate surface area is 254 Å². The highest BCUT2D eigenvalue weighted by atomic mass is 19.1. The molecule has 7 rings (SSSR count). The zero-order valence-electron chi connectivity index (χ0n) is 23.7. The standard InChI is InChI=1S/C39H27FN2O2/c40-35-25-30(24-29-22-23-44-38(29)35)37(43)21-20-28-12-10-11-19-34(28)36-26-42(27-41-36)39(31-13-4-1-5-14-31,32-15-6-2-7-16-32)33-17-8-3-9-18-33/h1-27H. The Morgan fingerprint density at radius 3 is 1.98 bits per heavy atom. The van der Waals surface area contributed by atoms with Crippen molar-refractivity contribution in [3.05, 3.63) is 192 Å². The van der Waals surface area contributed by atoms with Gasteiger partial charge in [0.05, 0.1) is 18.3 Å². The van der Waals surface area contributed by atoms with Crippen molar-refractivity contribution >= 4 is 22.8 Å². The quantitative estimate of drug-likeness (QED) is 0.103. The van der Waals surface area contributed by atoms with E-state index in [-0.39, 0.29) is 16.9 Å². The molecule has 0 N–H and O–H groups in total. The second-order valence-electron chi connectivity index (χ2n) is 10.6. The van der Waals surface area contributed by atoms with E-state index in [4.69, 9.17) is 9.40 Å². The van der Waals surface area contributed by atoms with Crippen LogP contribution in [-0.4, -0.2) is 15.3 Å². The van der Waals surface area contributed by atoms with Crippen LogP contribution in [0.25, 0.3) is 28.3 Å². The number of allylic oxidation sites excluding steroid dienone is 1. The third-order valence-electron chi connectivity index (χ3n) is 7.99. The monoisotopic (exact) mass is 574 g/mol. The van der Waals surface area contributed by atoms with Gasteiger partial charge in [-0.3, -0.25) is 4.79 Å². The third kappa shape index (κ3) is 4.74. The number of fused-ring (bicyclic) bond motifs is 1. The summed E-state index contributed by atoms with van der Waals surface area (Å²) >= 11 is 0. The first-order valence-electron chi connectivity index (χ1n) is 14.3. The average Bonchev–Trinajstić information content (AvgIpc) is 3.77. The van der Waals surface area contributed by atoms with Crippen molar-refractivity contribution in [2.24, 2.45) is 0 Å². The van der Waals surface area contributed by atoms with Crippen LogP contribution in [0.15, 0.2) is 163 Å². The lowest BCUT2D eigenvalue weighted by atomic mass is 9.77. The van der Waals surface area contributed by atoms with Crippen molar-refractivity contribution in [1.82, 2.24) is 9.55 Å². The molecule has 0 amide bonds. The number of imidazole rings is 1. The van der Waals surface area contributed by atoms with Crippen molar-refractivity contribution in [3.63, 3.8) is 0 Å². The summed E-state index contributed by atoms with van der Waals surface area (Å²) in [6, 6.07) is 43.6. The first-order chi connectivity index (χ1) is 21.6. The largest absolute Gasteiger partial charge is 0.461 e. The fraction of sp³-hybridized carbons (Fsp3) is 0.0256. The molecule has 0 spiro atoms. The lowest BCUT2D eigenvalue weighted by Crippen LogP contribution is -2.36. The van der Waals surface area contributed by atoms with E-state index >= 15 is 0 Å². The number of furan rings is 1. The molecule has 44 heavy (non-hydrogen) atoms. The predicted octanol–water partition coefficient (Wildman–Crippen LogP) is 9.17. The summed E-state index contributed by atoms with van der Waals surface area (Å²) in [4.78, 5) is 18.0. The van der Waals surface area contributed by atoms with Gasteiger partial charge in [-0.1, -0.05) is 121 Å². The second-order valence-corrected chi connectivity index (χ2v) is 10.6. The Morgan fingerprint density at radius 2 is 1.34 bits per heavy atom. The summed E-state index contributed by atoms with van der Waals surface area (Å²) in [5.41, 5.74) is 5.46. The Kier molecular flexibility index (Phi) is 7.05. The van der Waals surface area contributed by atoms with Crippen LogP contribution in [0, 0.1) is 5.82 Å². The maximum atomic E-state index is 14.5. The molecule has 4 nitrogen and oxygen atoms in total. The number of hydrogen-bond donors (Lipinski definition) is 0. The van der Waals surface area contributed by atoms with Crippen LogP contribution >= 0.6 is 0 Å². The number of ketones is 1. The van der Waals surface area contributed by atoms with Crippen molar-refractivity contribution in [3.8, 4) is 11.3 Å². The van der Waals surface area contributed by atoms with Crippen molar-refractivity contribution in [2.45, 2.75) is 5.54 Å². The van der Waals surface area contributed by atoms with E-state index in [9.17, 15) is 9.18 Å². The van der Waals surface area contributed by atoms with E-state index in [2.05, 4.69) is 83.6 Å². The van der Waals surface area contributed by atoms with Gasteiger partial charge >= 0.3 is 0 Å². The summed E-state index contributed by atoms with van der Waals surface area (Å²) in [6.45, 7) is 0. The fourth-order valence-electron chi connectivity index (χ4n) is 5.95. The number of aromatic nitrogens is 2. The maximum absolute atomic E-state index is 14.5. The van der Waals surface area contributed by atoms with Crippen LogP contribution < -0.4 is 0 Å². The summed E-state index contributed by atoms with van der Waals surface area (Å²) in [6.07, 6.45) is 8.57. The molecule has 0 aliphatic rings. The van der Waals surface area contributed by atoms with E-state index < -0.39 is 11.4 Å². The van der Waals surface area contributed by atoms with Crippen LogP contribution in [-0.2, 0) is 5.54 Å². The second kappa shape index (κ2) is 11.5. The molecule has 0 unspecified atom stereocenters. The van der Waals surface area contributed by atoms with Gasteiger partial charge in [0.1, 0.15) is 5.54 Å². The average molecular weight is 575 g/mol. The van der Waals surface area contributed by atoms with Crippen LogP contribution in [0.4, 0.5) is 4.39 Å². The third-order valence-corrected chi connectivity index (χ3v) is 7.99. The minimum absolute atomic E-state index is 0.143. The Morgan fingerprint density at radius 1 is 0.750 bits per heavy atom. The van der Waals surface area contributed by atoms with Gasteiger partial charge in [0, 0.05) is 22.7 Å². The van der Waals surface area contributed by atoms with Gasteiger partial charge in [-0.2, -0.15) is 0 Å². The number of carbonyl (C=O) groups is 1. The molecule has 7 aromatic rings. The predicted molar refractivity (Wildman–Crippen MR) is 172 cm³/mol. The van der Waals surface area contributed by atoms with Gasteiger partial charge < -0.3 is 8.98 Å². The number of nitrogens with zero attached hydrogens (tertiary/aromatic N) is 2. The first-order valence-corrected chi connectivity index (χ1v) is 14.3. The topological polar surface area (TPSA) is 48.0 Å². The lowest BCUT2D eigenvalue weighted by Gasteiger charge is -2.37. The number of benzene rings is 5. The number of hydrogen-bond acceptors (Lipinski definition) is 3. The van der Waals surface area contributed by atoms with Crippen LogP contribution in [0.2, 0.25) is 0 Å². The summed E-state index contributed by atoms with van der Waals surface area (Å²) in [7, 11) is 0. The van der Waals surface area contributed by atoms with E-state index in [1.807, 2.05) is 48.8 Å². The Hall–Kier alpha value is -5.81. The van der Waals surface area contributed by atoms with Crippen molar-refractivity contribution < 1.29 is 13.6 Å². The number of carbonyl (C=O) groups excluding carboxylic acids is 1. The molecule has 212 valence electrons. The highest BCUT2D eigenvalue weighted by molar-refractivity contribution is 6.08. The maximum Gasteiger partial charge on any atom is 0.185 e. The molecule has 0 fully saturated rings. The van der Waals surface area contributed by atoms with E-state index in [0.29, 0.717) is 5.39 Å². The van der Waals surface area contributed by atoms with Gasteiger partial charge in [-0.05, 0) is 46.5 Å². The van der Waals surface area contributed by atoms with E-state index in [1.165, 1.54) is 18.4 Å². The smallest absolute Gasteiger partial charge is 0.185 e. The molecule has 0 atom stereocenters. The highest BCUT2D eigenvalue weighted by Crippen LogP contribution is 2.41. The molecule has 5 aromatic carbocycles. The molecule has 0 radical (unpaired) electrons. The van der Waals surface area contributed by atoms with Crippen LogP contribution in [0.3, 0.4) is 0 Å². The molecular weight excluding hydrogens is 547 g/mol. The van der Waals surface area contributed by atoms with Gasteiger partial charge in [0.2, 0.25) is 0 Å². The van der Waals surface area contributed by atoms with E-state index in [1.54, 1.807) is 18.2 Å². The normalized spacial score (nSPS) is 11.8. The minimum atomic E-state index is -0.689. The fourth-order valence-corrected chi connectivity index (χ4v) is 5.95. The first kappa shape index (κ1) is 27.0. The molecule has 2 heterocycles. The zero-order valence-corrected chi connectivity index (χ0v) is 23.7. The molecule has 5 heteroatoms. The molecule has 0 aliphatic heterocycles. The molecule has 0 aliphatic carbocycles. The molecule has 2 aromatic heterocycles. The van der Waals surface area contributed by atoms with E-state index in [0.717, 1.165) is 33.5 Å². The van der Waals surface area contributed by atoms with Gasteiger partial charge in [0.25, 0.3) is 0 Å². The molecule has 0 bridgehead atoms. The summed E-state index contributed by atoms with van der Waals surface area (Å²) in [5.74, 6) is -0.863. The van der Waals surface area contributed by atoms with Crippen LogP contribution in [0.1, 0.15) is 32.6 Å². The highest BCUT2D eigenvalue weighted by Gasteiger charge is 2.38. The lowest BCUT2D eigenvalue weighted by molar-refractivity contribution is 0.104. The van der Waals surface area contributed by atoms with Crippen molar-refractivity contribution in [2.75, 3.05) is 0 Å². The number of rotatable bonds is 8.